The zero-order valence-corrected chi connectivity index (χ0v) is 17.2. The first-order valence-electron chi connectivity index (χ1n) is 8.87. The van der Waals surface area contributed by atoms with Gasteiger partial charge in [-0.15, -0.1) is 0 Å². The first-order valence-corrected chi connectivity index (χ1v) is 9.25. The van der Waals surface area contributed by atoms with Crippen LogP contribution in [0.15, 0.2) is 53.5 Å². The second-order valence-electron chi connectivity index (χ2n) is 7.32. The summed E-state index contributed by atoms with van der Waals surface area (Å²) in [5.41, 5.74) is 5.48. The fourth-order valence-electron chi connectivity index (χ4n) is 3.47. The van der Waals surface area contributed by atoms with E-state index in [2.05, 4.69) is 21.9 Å². The number of rotatable bonds is 6. The van der Waals surface area contributed by atoms with Crippen molar-refractivity contribution >= 4 is 17.2 Å². The Kier molecular flexibility index (Phi) is 6.58. The van der Waals surface area contributed by atoms with Gasteiger partial charge in [0.2, 0.25) is 5.28 Å². The molecule has 1 aliphatic carbocycles. The molecule has 0 bridgehead atoms. The van der Waals surface area contributed by atoms with Gasteiger partial charge < -0.3 is 5.32 Å². The maximum absolute atomic E-state index is 13.9. The van der Waals surface area contributed by atoms with Crippen LogP contribution < -0.4 is 5.32 Å². The third-order valence-electron chi connectivity index (χ3n) is 4.67. The zero-order chi connectivity index (χ0) is 20.4. The Labute approximate surface area is 164 Å². The predicted molar refractivity (Wildman–Crippen MR) is 108 cm³/mol. The highest BCUT2D eigenvalue weighted by molar-refractivity contribution is 6.28. The number of halogens is 3. The number of hydrogen-bond acceptors (Lipinski definition) is 3. The molecule has 1 aromatic heterocycles. The first-order chi connectivity index (χ1) is 12.5. The van der Waals surface area contributed by atoms with Gasteiger partial charge in [0.25, 0.3) is 5.92 Å². The molecule has 1 heterocycles. The lowest BCUT2D eigenvalue weighted by molar-refractivity contribution is -0.0194. The van der Waals surface area contributed by atoms with Crippen molar-refractivity contribution in [1.29, 1.82) is 0 Å². The Balaban J connectivity index is 2.44. The van der Waals surface area contributed by atoms with Crippen molar-refractivity contribution < 1.29 is 8.78 Å². The summed E-state index contributed by atoms with van der Waals surface area (Å²) in [6.45, 7) is 13.1. The van der Waals surface area contributed by atoms with Crippen LogP contribution in [-0.2, 0) is 0 Å². The summed E-state index contributed by atoms with van der Waals surface area (Å²) in [7, 11) is 0. The molecule has 2 rings (SSSR count). The van der Waals surface area contributed by atoms with Crippen molar-refractivity contribution in [3.8, 4) is 0 Å². The molecule has 0 fully saturated rings. The lowest BCUT2D eigenvalue weighted by atomic mass is 9.85. The standard InChI is InChI=1S/C21H26ClF2N3/c1-12(2)19(13(3)4)14(5)27-18-8-7-16(21(6,23)24)9-17(18)15-10-25-20(22)26-11-15/h7-8,10-11,14,16,27H,1,9H2,2-6H3. The molecule has 1 N–H and O–H groups in total. The summed E-state index contributed by atoms with van der Waals surface area (Å²) >= 11 is 5.78. The Hall–Kier alpha value is -2.01. The monoisotopic (exact) mass is 393 g/mol. The molecule has 2 atom stereocenters. The molecule has 1 aromatic rings. The Morgan fingerprint density at radius 2 is 1.89 bits per heavy atom. The fraction of sp³-hybridized carbons (Fsp3) is 0.429. The van der Waals surface area contributed by atoms with E-state index in [0.29, 0.717) is 5.56 Å². The molecule has 27 heavy (non-hydrogen) atoms. The number of nitrogens with one attached hydrogen (secondary N) is 1. The average molecular weight is 394 g/mol. The lowest BCUT2D eigenvalue weighted by Gasteiger charge is -2.29. The van der Waals surface area contributed by atoms with Crippen LogP contribution >= 0.6 is 11.6 Å². The van der Waals surface area contributed by atoms with Crippen molar-refractivity contribution in [3.63, 3.8) is 0 Å². The largest absolute Gasteiger partial charge is 0.378 e. The molecule has 0 aliphatic heterocycles. The summed E-state index contributed by atoms with van der Waals surface area (Å²) in [5, 5.41) is 3.58. The van der Waals surface area contributed by atoms with Crippen LogP contribution in [0.2, 0.25) is 5.28 Å². The Morgan fingerprint density at radius 1 is 1.30 bits per heavy atom. The minimum absolute atomic E-state index is 0.0194. The summed E-state index contributed by atoms with van der Waals surface area (Å²) in [6, 6.07) is -0.0194. The first kappa shape index (κ1) is 21.3. The topological polar surface area (TPSA) is 37.8 Å². The van der Waals surface area contributed by atoms with Crippen LogP contribution in [0.5, 0.6) is 0 Å². The van der Waals surface area contributed by atoms with E-state index < -0.39 is 11.8 Å². The van der Waals surface area contributed by atoms with Gasteiger partial charge in [-0.2, -0.15) is 0 Å². The van der Waals surface area contributed by atoms with Crippen LogP contribution in [0, 0.1) is 5.92 Å². The van der Waals surface area contributed by atoms with Crippen molar-refractivity contribution in [3.05, 3.63) is 64.4 Å². The van der Waals surface area contributed by atoms with Gasteiger partial charge >= 0.3 is 0 Å². The highest BCUT2D eigenvalue weighted by atomic mass is 35.5. The molecule has 146 valence electrons. The molecule has 1 aliphatic rings. The van der Waals surface area contributed by atoms with Crippen molar-refractivity contribution in [1.82, 2.24) is 15.3 Å². The molecule has 0 amide bonds. The fourth-order valence-corrected chi connectivity index (χ4v) is 3.57. The summed E-state index contributed by atoms with van der Waals surface area (Å²) in [6.07, 6.45) is 6.63. The van der Waals surface area contributed by atoms with E-state index in [1.54, 1.807) is 24.5 Å². The number of allylic oxidation sites excluding steroid dienone is 4. The van der Waals surface area contributed by atoms with Gasteiger partial charge in [-0.3, -0.25) is 0 Å². The van der Waals surface area contributed by atoms with Gasteiger partial charge in [-0.05, 0) is 69.9 Å². The van der Waals surface area contributed by atoms with Gasteiger partial charge in [-0.1, -0.05) is 23.8 Å². The van der Waals surface area contributed by atoms with E-state index in [9.17, 15) is 8.78 Å². The molecule has 2 unspecified atom stereocenters. The van der Waals surface area contributed by atoms with Crippen molar-refractivity contribution in [2.24, 2.45) is 5.92 Å². The molecule has 0 saturated carbocycles. The van der Waals surface area contributed by atoms with Gasteiger partial charge in [0.15, 0.2) is 0 Å². The lowest BCUT2D eigenvalue weighted by Crippen LogP contribution is -2.31. The molecular weight excluding hydrogens is 368 g/mol. The Morgan fingerprint density at radius 3 is 2.37 bits per heavy atom. The van der Waals surface area contributed by atoms with Gasteiger partial charge in [0.1, 0.15) is 0 Å². The highest BCUT2D eigenvalue weighted by Crippen LogP contribution is 2.38. The number of alkyl halides is 2. The summed E-state index contributed by atoms with van der Waals surface area (Å²) in [4.78, 5) is 8.01. The maximum Gasteiger partial charge on any atom is 0.251 e. The van der Waals surface area contributed by atoms with Crippen LogP contribution in [0.4, 0.5) is 8.78 Å². The molecule has 0 radical (unpaired) electrons. The maximum atomic E-state index is 13.9. The summed E-state index contributed by atoms with van der Waals surface area (Å²) < 4.78 is 27.8. The van der Waals surface area contributed by atoms with E-state index in [4.69, 9.17) is 11.6 Å². The van der Waals surface area contributed by atoms with Crippen molar-refractivity contribution in [2.75, 3.05) is 0 Å². The number of hydrogen-bond donors (Lipinski definition) is 1. The van der Waals surface area contributed by atoms with Gasteiger partial charge in [-0.25, -0.2) is 18.7 Å². The van der Waals surface area contributed by atoms with Gasteiger partial charge in [0, 0.05) is 35.6 Å². The number of nitrogens with zero attached hydrogens (tertiary/aromatic N) is 2. The molecule has 0 aromatic carbocycles. The van der Waals surface area contributed by atoms with E-state index >= 15 is 0 Å². The van der Waals surface area contributed by atoms with Crippen LogP contribution in [0.1, 0.15) is 46.6 Å². The van der Waals surface area contributed by atoms with Gasteiger partial charge in [0.05, 0.1) is 0 Å². The van der Waals surface area contributed by atoms with E-state index in [1.165, 1.54) is 0 Å². The molecule has 0 spiro atoms. The number of aromatic nitrogens is 2. The van der Waals surface area contributed by atoms with Crippen LogP contribution in [0.25, 0.3) is 5.57 Å². The van der Waals surface area contributed by atoms with Crippen LogP contribution in [0.3, 0.4) is 0 Å². The minimum atomic E-state index is -2.81. The summed E-state index contributed by atoms with van der Waals surface area (Å²) in [5.74, 6) is -3.69. The smallest absolute Gasteiger partial charge is 0.251 e. The Bertz CT molecular complexity index is 798. The zero-order valence-electron chi connectivity index (χ0n) is 16.4. The molecule has 0 saturated heterocycles. The SMILES string of the molecule is C=C(C)C(=C(C)C)C(C)NC1=C(c2cnc(Cl)nc2)CC(C(C)(F)F)C=C1. The molecule has 6 heteroatoms. The quantitative estimate of drug-likeness (QED) is 0.478. The predicted octanol–water partition coefficient (Wildman–Crippen LogP) is 5.96. The average Bonchev–Trinajstić information content (AvgIpc) is 2.54. The third kappa shape index (κ3) is 5.25. The molecule has 3 nitrogen and oxygen atoms in total. The highest BCUT2D eigenvalue weighted by Gasteiger charge is 2.35. The molecular formula is C21H26ClF2N3. The van der Waals surface area contributed by atoms with Crippen molar-refractivity contribution in [2.45, 2.75) is 53.0 Å². The van der Waals surface area contributed by atoms with E-state index in [0.717, 1.165) is 34.9 Å². The normalized spacial score (nSPS) is 18.3. The van der Waals surface area contributed by atoms with E-state index in [-0.39, 0.29) is 17.7 Å². The van der Waals surface area contributed by atoms with E-state index in [1.807, 2.05) is 27.7 Å². The third-order valence-corrected chi connectivity index (χ3v) is 4.86. The second-order valence-corrected chi connectivity index (χ2v) is 7.66. The van der Waals surface area contributed by atoms with Crippen LogP contribution in [-0.4, -0.2) is 21.9 Å². The second kappa shape index (κ2) is 8.34. The minimum Gasteiger partial charge on any atom is -0.378 e.